The number of hydrogen-bond acceptors (Lipinski definition) is 5. The van der Waals surface area contributed by atoms with Crippen molar-refractivity contribution < 1.29 is 39.6 Å². The van der Waals surface area contributed by atoms with E-state index >= 15 is 0 Å². The van der Waals surface area contributed by atoms with Gasteiger partial charge in [0.25, 0.3) is 0 Å². The minimum Gasteiger partial charge on any atom is -0.298 e. The van der Waals surface area contributed by atoms with Gasteiger partial charge in [0.05, 0.1) is 10.9 Å². The van der Waals surface area contributed by atoms with Crippen LogP contribution in [0.1, 0.15) is 24.2 Å². The molecular weight excluding hydrogens is 524 g/mol. The number of hydrogen-bond donors (Lipinski definition) is 0. The van der Waals surface area contributed by atoms with Crippen molar-refractivity contribution in [2.24, 2.45) is 0 Å². The van der Waals surface area contributed by atoms with Crippen LogP contribution in [0.15, 0.2) is 59.6 Å². The maximum atomic E-state index is 14.2. The van der Waals surface area contributed by atoms with Gasteiger partial charge in [0.2, 0.25) is 16.0 Å². The van der Waals surface area contributed by atoms with Gasteiger partial charge in [-0.15, -0.1) is 0 Å². The number of alkyl halides is 4. The van der Waals surface area contributed by atoms with E-state index in [-0.39, 0.29) is 41.0 Å². The van der Waals surface area contributed by atoms with Gasteiger partial charge in [-0.1, -0.05) is 6.07 Å². The molecule has 0 saturated carbocycles. The molecule has 1 saturated heterocycles. The minimum absolute atomic E-state index is 0.0889. The average molecular weight is 543 g/mol. The number of Topliss-reactive ketones (excluding diaryl/α,β-unsaturated/α-hetero) is 1. The lowest BCUT2D eigenvalue weighted by Crippen LogP contribution is -2.40. The first-order valence-electron chi connectivity index (χ1n) is 11.0. The van der Waals surface area contributed by atoms with Gasteiger partial charge >= 0.3 is 6.18 Å². The molecule has 1 aliphatic heterocycles. The molecule has 6 nitrogen and oxygen atoms in total. The van der Waals surface area contributed by atoms with Crippen molar-refractivity contribution in [3.05, 3.63) is 77.9 Å². The lowest BCUT2D eigenvalue weighted by molar-refractivity contribution is -0.141. The standard InChI is InChI=1S/C24H19F6N3O3S/c25-16-2-5-19(6-3-16)37(35,36)33-13-17(26)11-20(33)21(34)7-4-18-9-15(10-23(27)32-18)14-1-8-22(31-12-14)24(28,29)30/h1-3,5-6,8-10,12,17,20H,4,7,11,13H2/t17-,20+/m1/s1. The monoisotopic (exact) mass is 543 g/mol. The number of nitrogens with zero attached hydrogens (tertiary/aromatic N) is 3. The maximum absolute atomic E-state index is 14.2. The largest absolute Gasteiger partial charge is 0.433 e. The fraction of sp³-hybridized carbons (Fsp3) is 0.292. The van der Waals surface area contributed by atoms with E-state index in [1.165, 1.54) is 6.07 Å². The number of rotatable bonds is 7. The number of aromatic nitrogens is 2. The third-order valence-corrected chi connectivity index (χ3v) is 7.75. The Kier molecular flexibility index (Phi) is 7.38. The van der Waals surface area contributed by atoms with Crippen LogP contribution in [0.3, 0.4) is 0 Å². The molecule has 1 aromatic carbocycles. The molecule has 4 rings (SSSR count). The lowest BCUT2D eigenvalue weighted by Gasteiger charge is -2.22. The second-order valence-corrected chi connectivity index (χ2v) is 10.3. The molecule has 196 valence electrons. The van der Waals surface area contributed by atoms with Gasteiger partial charge in [-0.25, -0.2) is 22.2 Å². The molecule has 1 fully saturated rings. The summed E-state index contributed by atoms with van der Waals surface area (Å²) in [5.74, 6) is -2.22. The van der Waals surface area contributed by atoms with Crippen LogP contribution in [-0.2, 0) is 27.4 Å². The second kappa shape index (κ2) is 10.2. The molecule has 2 aromatic heterocycles. The Bertz CT molecular complexity index is 1400. The molecule has 13 heteroatoms. The van der Waals surface area contributed by atoms with E-state index in [0.717, 1.165) is 53.0 Å². The number of benzene rings is 1. The topological polar surface area (TPSA) is 80.2 Å². The van der Waals surface area contributed by atoms with Crippen molar-refractivity contribution in [3.63, 3.8) is 0 Å². The molecule has 37 heavy (non-hydrogen) atoms. The second-order valence-electron chi connectivity index (χ2n) is 8.44. The van der Waals surface area contributed by atoms with Crippen LogP contribution in [0.5, 0.6) is 0 Å². The Hall–Kier alpha value is -3.32. The van der Waals surface area contributed by atoms with E-state index in [4.69, 9.17) is 0 Å². The molecule has 0 N–H and O–H groups in total. The molecule has 3 aromatic rings. The van der Waals surface area contributed by atoms with Crippen LogP contribution in [0.4, 0.5) is 26.3 Å². The third-order valence-electron chi connectivity index (χ3n) is 5.86. The smallest absolute Gasteiger partial charge is 0.298 e. The van der Waals surface area contributed by atoms with Crippen molar-refractivity contribution in [3.8, 4) is 11.1 Å². The van der Waals surface area contributed by atoms with E-state index in [1.807, 2.05) is 0 Å². The summed E-state index contributed by atoms with van der Waals surface area (Å²) in [6.45, 7) is -0.542. The van der Waals surface area contributed by atoms with Crippen LogP contribution in [0, 0.1) is 11.8 Å². The predicted octanol–water partition coefficient (Wildman–Crippen LogP) is 4.74. The first-order valence-corrected chi connectivity index (χ1v) is 12.4. The zero-order chi connectivity index (χ0) is 27.0. The van der Waals surface area contributed by atoms with E-state index in [0.29, 0.717) is 0 Å². The van der Waals surface area contributed by atoms with Gasteiger partial charge in [0, 0.05) is 42.9 Å². The fourth-order valence-electron chi connectivity index (χ4n) is 4.05. The Morgan fingerprint density at radius 2 is 1.73 bits per heavy atom. The van der Waals surface area contributed by atoms with E-state index < -0.39 is 58.2 Å². The van der Waals surface area contributed by atoms with Crippen molar-refractivity contribution in [2.75, 3.05) is 6.54 Å². The van der Waals surface area contributed by atoms with Crippen molar-refractivity contribution in [1.82, 2.24) is 14.3 Å². The normalized spacial score (nSPS) is 18.8. The summed E-state index contributed by atoms with van der Waals surface area (Å²) in [7, 11) is -4.29. The number of ketones is 1. The molecular formula is C24H19F6N3O3S. The molecule has 1 aliphatic rings. The molecule has 0 amide bonds. The van der Waals surface area contributed by atoms with Crippen molar-refractivity contribution in [1.29, 1.82) is 0 Å². The zero-order valence-corrected chi connectivity index (χ0v) is 19.7. The predicted molar refractivity (Wildman–Crippen MR) is 119 cm³/mol. The SMILES string of the molecule is O=C(CCc1cc(-c2ccc(C(F)(F)F)nc2)cc(F)n1)[C@@H]1C[C@@H](F)CN1S(=O)(=O)c1ccc(F)cc1. The fourth-order valence-corrected chi connectivity index (χ4v) is 5.70. The summed E-state index contributed by atoms with van der Waals surface area (Å²) < 4.78 is 106. The van der Waals surface area contributed by atoms with E-state index in [2.05, 4.69) is 9.97 Å². The molecule has 3 heterocycles. The van der Waals surface area contributed by atoms with Gasteiger partial charge in [-0.05, 0) is 48.4 Å². The third kappa shape index (κ3) is 5.99. The maximum Gasteiger partial charge on any atom is 0.433 e. The summed E-state index contributed by atoms with van der Waals surface area (Å²) in [5.41, 5.74) is -0.652. The van der Waals surface area contributed by atoms with Gasteiger partial charge < -0.3 is 0 Å². The number of carbonyl (C=O) groups is 1. The van der Waals surface area contributed by atoms with Crippen LogP contribution in [-0.4, -0.2) is 47.2 Å². The Labute approximate surface area is 208 Å². The first-order chi connectivity index (χ1) is 17.3. The Morgan fingerprint density at radius 3 is 2.35 bits per heavy atom. The minimum atomic E-state index is -4.63. The summed E-state index contributed by atoms with van der Waals surface area (Å²) in [5, 5.41) is 0. The van der Waals surface area contributed by atoms with Crippen LogP contribution in [0.2, 0.25) is 0 Å². The summed E-state index contributed by atoms with van der Waals surface area (Å²) >= 11 is 0. The highest BCUT2D eigenvalue weighted by Gasteiger charge is 2.43. The van der Waals surface area contributed by atoms with Crippen molar-refractivity contribution >= 4 is 15.8 Å². The average Bonchev–Trinajstić information content (AvgIpc) is 3.25. The Morgan fingerprint density at radius 1 is 1.03 bits per heavy atom. The highest BCUT2D eigenvalue weighted by Crippen LogP contribution is 2.31. The highest BCUT2D eigenvalue weighted by atomic mass is 32.2. The number of aryl methyl sites for hydroxylation is 1. The number of halogens is 6. The zero-order valence-electron chi connectivity index (χ0n) is 18.9. The van der Waals surface area contributed by atoms with Gasteiger partial charge in [-0.3, -0.25) is 9.78 Å². The molecule has 0 unspecified atom stereocenters. The quantitative estimate of drug-likeness (QED) is 0.318. The number of carbonyl (C=O) groups excluding carboxylic acids is 1. The molecule has 2 atom stereocenters. The number of pyridine rings is 2. The van der Waals surface area contributed by atoms with Crippen LogP contribution < -0.4 is 0 Å². The van der Waals surface area contributed by atoms with Crippen LogP contribution in [0.25, 0.3) is 11.1 Å². The van der Waals surface area contributed by atoms with Gasteiger partial charge in [0.1, 0.15) is 17.7 Å². The molecule has 0 aliphatic carbocycles. The molecule has 0 radical (unpaired) electrons. The van der Waals surface area contributed by atoms with Crippen molar-refractivity contribution in [2.45, 2.75) is 42.5 Å². The highest BCUT2D eigenvalue weighted by molar-refractivity contribution is 7.89. The first kappa shape index (κ1) is 26.7. The van der Waals surface area contributed by atoms with Gasteiger partial charge in [-0.2, -0.15) is 21.9 Å². The summed E-state index contributed by atoms with van der Waals surface area (Å²) in [4.78, 5) is 19.6. The number of sulfonamides is 1. The summed E-state index contributed by atoms with van der Waals surface area (Å²) in [6.07, 6.45) is -6.08. The summed E-state index contributed by atoms with van der Waals surface area (Å²) in [6, 6.07) is 6.85. The molecule has 0 bridgehead atoms. The molecule has 0 spiro atoms. The Balaban J connectivity index is 1.50. The van der Waals surface area contributed by atoms with E-state index in [1.54, 1.807) is 0 Å². The van der Waals surface area contributed by atoms with E-state index in [9.17, 15) is 39.6 Å². The van der Waals surface area contributed by atoms with Gasteiger partial charge in [0.15, 0.2) is 5.78 Å². The lowest BCUT2D eigenvalue weighted by atomic mass is 10.0. The van der Waals surface area contributed by atoms with Crippen LogP contribution >= 0.6 is 0 Å².